The van der Waals surface area contributed by atoms with Gasteiger partial charge in [-0.25, -0.2) is 18.0 Å². The quantitative estimate of drug-likeness (QED) is 0.463. The maximum Gasteiger partial charge on any atom is 0.322 e. The molecule has 0 aromatic heterocycles. The van der Waals surface area contributed by atoms with E-state index in [9.17, 15) is 18.0 Å². The molecule has 168 valence electrons. The maximum atomic E-state index is 14.1. The van der Waals surface area contributed by atoms with E-state index in [1.165, 1.54) is 18.2 Å². The van der Waals surface area contributed by atoms with Gasteiger partial charge >= 0.3 is 6.03 Å². The van der Waals surface area contributed by atoms with E-state index in [2.05, 4.69) is 12.2 Å². The van der Waals surface area contributed by atoms with E-state index >= 15 is 0 Å². The number of nitrogens with one attached hydrogen (secondary N) is 1. The third-order valence-corrected chi connectivity index (χ3v) is 5.53. The Labute approximate surface area is 181 Å². The number of rotatable bonds is 8. The smallest absolute Gasteiger partial charge is 0.322 e. The van der Waals surface area contributed by atoms with Gasteiger partial charge in [0.1, 0.15) is 23.2 Å². The largest absolute Gasteiger partial charge is 0.493 e. The van der Waals surface area contributed by atoms with Gasteiger partial charge in [-0.3, -0.25) is 0 Å². The van der Waals surface area contributed by atoms with Gasteiger partial charge in [-0.2, -0.15) is 0 Å². The molecule has 7 heteroatoms. The number of urea groups is 1. The number of benzene rings is 2. The highest BCUT2D eigenvalue weighted by molar-refractivity contribution is 5.89. The van der Waals surface area contributed by atoms with E-state index in [0.29, 0.717) is 31.7 Å². The zero-order valence-corrected chi connectivity index (χ0v) is 17.8. The van der Waals surface area contributed by atoms with Crippen molar-refractivity contribution < 1.29 is 22.7 Å². The van der Waals surface area contributed by atoms with Gasteiger partial charge in [-0.05, 0) is 37.5 Å². The molecule has 0 spiro atoms. The lowest BCUT2D eigenvalue weighted by Crippen LogP contribution is -2.39. The van der Waals surface area contributed by atoms with E-state index in [4.69, 9.17) is 4.74 Å². The van der Waals surface area contributed by atoms with E-state index < -0.39 is 23.5 Å². The van der Waals surface area contributed by atoms with E-state index in [0.717, 1.165) is 49.8 Å². The number of halogens is 3. The van der Waals surface area contributed by atoms with Crippen LogP contribution in [0.15, 0.2) is 36.4 Å². The van der Waals surface area contributed by atoms with Gasteiger partial charge in [-0.15, -0.1) is 0 Å². The molecule has 2 aromatic carbocycles. The molecule has 4 nitrogen and oxygen atoms in total. The molecule has 1 N–H and O–H groups in total. The van der Waals surface area contributed by atoms with Gasteiger partial charge in [0.2, 0.25) is 0 Å². The van der Waals surface area contributed by atoms with Gasteiger partial charge < -0.3 is 15.0 Å². The minimum atomic E-state index is -0.831. The minimum absolute atomic E-state index is 0.0772. The van der Waals surface area contributed by atoms with Crippen LogP contribution in [-0.2, 0) is 0 Å². The summed E-state index contributed by atoms with van der Waals surface area (Å²) >= 11 is 0. The Morgan fingerprint density at radius 2 is 1.81 bits per heavy atom. The fraction of sp³-hybridized carbons (Fsp3) is 0.458. The van der Waals surface area contributed by atoms with E-state index in [-0.39, 0.29) is 11.7 Å². The zero-order chi connectivity index (χ0) is 22.2. The first-order chi connectivity index (χ1) is 15.0. The lowest BCUT2D eigenvalue weighted by Gasteiger charge is -2.32. The molecule has 0 saturated heterocycles. The second-order valence-electron chi connectivity index (χ2n) is 7.85. The lowest BCUT2D eigenvalue weighted by atomic mass is 9.99. The molecule has 3 rings (SSSR count). The molecule has 0 fully saturated rings. The Morgan fingerprint density at radius 1 is 1.06 bits per heavy atom. The van der Waals surface area contributed by atoms with Gasteiger partial charge in [0.15, 0.2) is 0 Å². The first-order valence-corrected chi connectivity index (χ1v) is 10.9. The number of anilines is 1. The summed E-state index contributed by atoms with van der Waals surface area (Å²) in [6.45, 7) is 3.05. The number of fused-ring (bicyclic) bond motifs is 1. The van der Waals surface area contributed by atoms with Crippen molar-refractivity contribution in [3.63, 3.8) is 0 Å². The third-order valence-electron chi connectivity index (χ3n) is 5.53. The maximum absolute atomic E-state index is 14.1. The molecule has 2 amide bonds. The summed E-state index contributed by atoms with van der Waals surface area (Å²) in [6, 6.07) is 6.60. The van der Waals surface area contributed by atoms with E-state index in [1.54, 1.807) is 11.0 Å². The molecular weight excluding hydrogens is 405 g/mol. The minimum Gasteiger partial charge on any atom is -0.493 e. The molecular formula is C24H29F3N2O2. The molecule has 1 heterocycles. The first kappa shape index (κ1) is 23.0. The van der Waals surface area contributed by atoms with Crippen molar-refractivity contribution in [2.24, 2.45) is 0 Å². The average molecular weight is 435 g/mol. The van der Waals surface area contributed by atoms with Crippen molar-refractivity contribution in [1.82, 2.24) is 4.90 Å². The Kier molecular flexibility index (Phi) is 8.20. The number of hydrogen-bond donors (Lipinski definition) is 1. The van der Waals surface area contributed by atoms with Gasteiger partial charge in [0.25, 0.3) is 0 Å². The van der Waals surface area contributed by atoms with Crippen LogP contribution >= 0.6 is 0 Å². The number of amides is 2. The van der Waals surface area contributed by atoms with Gasteiger partial charge in [-0.1, -0.05) is 38.7 Å². The summed E-state index contributed by atoms with van der Waals surface area (Å²) in [5.74, 6) is -1.51. The number of nitrogens with zero attached hydrogens (tertiary/aromatic N) is 1. The molecule has 1 unspecified atom stereocenters. The summed E-state index contributed by atoms with van der Waals surface area (Å²) in [5, 5.41) is 2.58. The topological polar surface area (TPSA) is 41.6 Å². The summed E-state index contributed by atoms with van der Waals surface area (Å²) in [6.07, 6.45) is 6.45. The van der Waals surface area contributed by atoms with Crippen molar-refractivity contribution in [3.05, 3.63) is 59.4 Å². The molecule has 2 aromatic rings. The number of hydrogen-bond acceptors (Lipinski definition) is 2. The summed E-state index contributed by atoms with van der Waals surface area (Å²) in [7, 11) is 0. The summed E-state index contributed by atoms with van der Waals surface area (Å²) in [5.41, 5.74) is 0.661. The van der Waals surface area contributed by atoms with Crippen LogP contribution in [0.25, 0.3) is 0 Å². The van der Waals surface area contributed by atoms with Crippen LogP contribution in [0.4, 0.5) is 23.7 Å². The van der Waals surface area contributed by atoms with Crippen molar-refractivity contribution in [3.8, 4) is 5.75 Å². The summed E-state index contributed by atoms with van der Waals surface area (Å²) in [4.78, 5) is 14.9. The van der Waals surface area contributed by atoms with Crippen molar-refractivity contribution in [1.29, 1.82) is 0 Å². The highest BCUT2D eigenvalue weighted by Crippen LogP contribution is 2.36. The highest BCUT2D eigenvalue weighted by atomic mass is 19.1. The van der Waals surface area contributed by atoms with E-state index in [1.807, 2.05) is 0 Å². The molecule has 0 saturated carbocycles. The van der Waals surface area contributed by atoms with Crippen LogP contribution in [0.3, 0.4) is 0 Å². The number of carbonyl (C=O) groups is 1. The monoisotopic (exact) mass is 434 g/mol. The predicted molar refractivity (Wildman–Crippen MR) is 115 cm³/mol. The SMILES string of the molecule is CCCCCCCN(C(=O)Nc1ccc(F)cc1F)C1CCCOc2cc(F)ccc21. The zero-order valence-electron chi connectivity index (χ0n) is 17.8. The van der Waals surface area contributed by atoms with Crippen LogP contribution in [0.5, 0.6) is 5.75 Å². The molecule has 1 aliphatic heterocycles. The van der Waals surface area contributed by atoms with Crippen LogP contribution in [0, 0.1) is 17.5 Å². The van der Waals surface area contributed by atoms with Gasteiger partial charge in [0, 0.05) is 24.2 Å². The van der Waals surface area contributed by atoms with Crippen molar-refractivity contribution in [2.45, 2.75) is 57.9 Å². The van der Waals surface area contributed by atoms with Crippen LogP contribution in [-0.4, -0.2) is 24.1 Å². The first-order valence-electron chi connectivity index (χ1n) is 10.9. The van der Waals surface area contributed by atoms with Crippen molar-refractivity contribution >= 4 is 11.7 Å². The number of ether oxygens (including phenoxy) is 1. The molecule has 0 bridgehead atoms. The fourth-order valence-electron chi connectivity index (χ4n) is 3.91. The molecule has 0 aliphatic carbocycles. The Morgan fingerprint density at radius 3 is 2.58 bits per heavy atom. The normalized spacial score (nSPS) is 15.5. The predicted octanol–water partition coefficient (Wildman–Crippen LogP) is 6.82. The summed E-state index contributed by atoms with van der Waals surface area (Å²) < 4.78 is 46.8. The Bertz CT molecular complexity index is 891. The molecule has 31 heavy (non-hydrogen) atoms. The second-order valence-corrected chi connectivity index (χ2v) is 7.85. The lowest BCUT2D eigenvalue weighted by molar-refractivity contribution is 0.181. The number of unbranched alkanes of at least 4 members (excludes halogenated alkanes) is 4. The van der Waals surface area contributed by atoms with Crippen LogP contribution in [0.2, 0.25) is 0 Å². The molecule has 0 radical (unpaired) electrons. The number of carbonyl (C=O) groups excluding carboxylic acids is 1. The highest BCUT2D eigenvalue weighted by Gasteiger charge is 2.29. The third kappa shape index (κ3) is 6.15. The average Bonchev–Trinajstić information content (AvgIpc) is 2.94. The Hall–Kier alpha value is -2.70. The fourth-order valence-corrected chi connectivity index (χ4v) is 3.91. The molecule has 1 atom stereocenters. The second kappa shape index (κ2) is 11.1. The Balaban J connectivity index is 1.84. The van der Waals surface area contributed by atoms with Gasteiger partial charge in [0.05, 0.1) is 18.3 Å². The van der Waals surface area contributed by atoms with Crippen molar-refractivity contribution in [2.75, 3.05) is 18.5 Å². The van der Waals surface area contributed by atoms with Crippen LogP contribution < -0.4 is 10.1 Å². The standard InChI is InChI=1S/C24H29F3N2O2/c1-2-3-4-5-6-13-29(24(30)28-21-12-10-17(25)15-20(21)27)22-8-7-14-31-23-16-18(26)9-11-19(22)23/h9-12,15-16,22H,2-8,13-14H2,1H3,(H,28,30). The molecule has 1 aliphatic rings. The van der Waals surface area contributed by atoms with Crippen LogP contribution in [0.1, 0.15) is 63.5 Å².